The Morgan fingerprint density at radius 2 is 2.24 bits per heavy atom. The van der Waals surface area contributed by atoms with Crippen molar-refractivity contribution in [3.8, 4) is 5.75 Å². The zero-order chi connectivity index (χ0) is 15.2. The maximum atomic E-state index is 13.7. The van der Waals surface area contributed by atoms with E-state index in [1.54, 1.807) is 18.5 Å². The fourth-order valence-electron chi connectivity index (χ4n) is 1.98. The zero-order valence-electron chi connectivity index (χ0n) is 12.3. The van der Waals surface area contributed by atoms with Crippen molar-refractivity contribution in [3.63, 3.8) is 0 Å². The number of nitrogens with zero attached hydrogens (tertiary/aromatic N) is 1. The quantitative estimate of drug-likeness (QED) is 0.541. The molecule has 2 rings (SSSR count). The topological polar surface area (TPSA) is 76.0 Å². The Kier molecular flexibility index (Phi) is 5.03. The van der Waals surface area contributed by atoms with E-state index in [9.17, 15) is 4.39 Å². The molecule has 0 bridgehead atoms. The molecule has 1 heterocycles. The summed E-state index contributed by atoms with van der Waals surface area (Å²) < 4.78 is 19.1. The molecular formula is C15H21FN4O. The second-order valence-electron chi connectivity index (χ2n) is 5.10. The van der Waals surface area contributed by atoms with Crippen LogP contribution in [0.2, 0.25) is 0 Å². The molecule has 0 amide bonds. The number of aryl methyl sites for hydroxylation is 1. The third-order valence-corrected chi connectivity index (χ3v) is 2.93. The number of hydrogen-bond acceptors (Lipinski definition) is 4. The van der Waals surface area contributed by atoms with E-state index in [4.69, 9.17) is 10.5 Å². The molecule has 0 unspecified atom stereocenters. The van der Waals surface area contributed by atoms with Crippen LogP contribution in [0, 0.1) is 5.82 Å². The molecule has 21 heavy (non-hydrogen) atoms. The molecule has 0 saturated carbocycles. The number of nitrogen functional groups attached to an aromatic ring is 1. The van der Waals surface area contributed by atoms with Gasteiger partial charge in [0.15, 0.2) is 11.6 Å². The van der Waals surface area contributed by atoms with Crippen LogP contribution in [0.5, 0.6) is 5.75 Å². The van der Waals surface area contributed by atoms with Crippen LogP contribution in [-0.2, 0) is 6.42 Å². The summed E-state index contributed by atoms with van der Waals surface area (Å²) in [6, 6.07) is 2.89. The Balaban J connectivity index is 1.92. The summed E-state index contributed by atoms with van der Waals surface area (Å²) in [7, 11) is 0. The molecule has 0 saturated heterocycles. The molecular weight excluding hydrogens is 271 g/mol. The van der Waals surface area contributed by atoms with Gasteiger partial charge in [0.05, 0.1) is 17.5 Å². The third kappa shape index (κ3) is 4.37. The standard InChI is InChI=1S/C15H21FN4O/c1-10(2)21-14-9-13(12(17)8-11(14)16)18-5-3-4-15-19-6-7-20-15/h6-10,18H,3-5,17H2,1-2H3,(H,19,20). The molecule has 114 valence electrons. The lowest BCUT2D eigenvalue weighted by Gasteiger charge is -2.15. The fraction of sp³-hybridized carbons (Fsp3) is 0.400. The predicted molar refractivity (Wildman–Crippen MR) is 82.0 cm³/mol. The number of halogens is 1. The Bertz CT molecular complexity index is 569. The van der Waals surface area contributed by atoms with Gasteiger partial charge in [-0.3, -0.25) is 0 Å². The first-order valence-electron chi connectivity index (χ1n) is 7.04. The Morgan fingerprint density at radius 3 is 2.90 bits per heavy atom. The number of H-pyrrole nitrogens is 1. The number of nitrogens with one attached hydrogen (secondary N) is 2. The van der Waals surface area contributed by atoms with E-state index in [0.717, 1.165) is 25.2 Å². The lowest BCUT2D eigenvalue weighted by atomic mass is 10.2. The van der Waals surface area contributed by atoms with Gasteiger partial charge >= 0.3 is 0 Å². The van der Waals surface area contributed by atoms with Crippen molar-refractivity contribution in [1.29, 1.82) is 0 Å². The first-order valence-corrected chi connectivity index (χ1v) is 7.04. The summed E-state index contributed by atoms with van der Waals surface area (Å²) in [6.07, 6.45) is 5.18. The molecule has 0 aliphatic rings. The van der Waals surface area contributed by atoms with E-state index in [1.807, 2.05) is 13.8 Å². The molecule has 6 heteroatoms. The highest BCUT2D eigenvalue weighted by atomic mass is 19.1. The van der Waals surface area contributed by atoms with Crippen molar-refractivity contribution in [2.24, 2.45) is 0 Å². The number of imidazole rings is 1. The first-order chi connectivity index (χ1) is 10.1. The fourth-order valence-corrected chi connectivity index (χ4v) is 1.98. The average Bonchev–Trinajstić information content (AvgIpc) is 2.92. The highest BCUT2D eigenvalue weighted by molar-refractivity contribution is 5.68. The van der Waals surface area contributed by atoms with Gasteiger partial charge in [-0.05, 0) is 20.3 Å². The summed E-state index contributed by atoms with van der Waals surface area (Å²) in [4.78, 5) is 7.21. The molecule has 0 fully saturated rings. The molecule has 5 nitrogen and oxygen atoms in total. The SMILES string of the molecule is CC(C)Oc1cc(NCCCc2ncc[nH]2)c(N)cc1F. The Morgan fingerprint density at radius 1 is 1.43 bits per heavy atom. The minimum Gasteiger partial charge on any atom is -0.488 e. The average molecular weight is 292 g/mol. The number of ether oxygens (including phenoxy) is 1. The van der Waals surface area contributed by atoms with Gasteiger partial charge in [-0.25, -0.2) is 9.37 Å². The molecule has 4 N–H and O–H groups in total. The maximum absolute atomic E-state index is 13.7. The molecule has 0 radical (unpaired) electrons. The van der Waals surface area contributed by atoms with Crippen LogP contribution in [0.15, 0.2) is 24.5 Å². The maximum Gasteiger partial charge on any atom is 0.167 e. The van der Waals surface area contributed by atoms with Gasteiger partial charge in [-0.2, -0.15) is 0 Å². The summed E-state index contributed by atoms with van der Waals surface area (Å²) >= 11 is 0. The number of aromatic nitrogens is 2. The molecule has 2 aromatic rings. The summed E-state index contributed by atoms with van der Waals surface area (Å²) in [5, 5.41) is 3.20. The van der Waals surface area contributed by atoms with E-state index < -0.39 is 5.82 Å². The van der Waals surface area contributed by atoms with E-state index in [1.165, 1.54) is 6.07 Å². The van der Waals surface area contributed by atoms with Crippen LogP contribution >= 0.6 is 0 Å². The lowest BCUT2D eigenvalue weighted by molar-refractivity contribution is 0.231. The number of nitrogens with two attached hydrogens (primary N) is 1. The zero-order valence-corrected chi connectivity index (χ0v) is 12.3. The second-order valence-corrected chi connectivity index (χ2v) is 5.10. The Labute approximate surface area is 123 Å². The van der Waals surface area contributed by atoms with E-state index in [2.05, 4.69) is 15.3 Å². The number of hydrogen-bond donors (Lipinski definition) is 3. The molecule has 0 spiro atoms. The summed E-state index contributed by atoms with van der Waals surface area (Å²) in [6.45, 7) is 4.43. The number of rotatable bonds is 7. The van der Waals surface area contributed by atoms with Crippen LogP contribution in [0.4, 0.5) is 15.8 Å². The highest BCUT2D eigenvalue weighted by Crippen LogP contribution is 2.28. The van der Waals surface area contributed by atoms with Gasteiger partial charge in [0.25, 0.3) is 0 Å². The van der Waals surface area contributed by atoms with Gasteiger partial charge in [-0.1, -0.05) is 0 Å². The summed E-state index contributed by atoms with van der Waals surface area (Å²) in [5.41, 5.74) is 6.88. The van der Waals surface area contributed by atoms with Gasteiger partial charge in [0.2, 0.25) is 0 Å². The van der Waals surface area contributed by atoms with Crippen LogP contribution in [0.25, 0.3) is 0 Å². The largest absolute Gasteiger partial charge is 0.488 e. The van der Waals surface area contributed by atoms with Crippen molar-refractivity contribution < 1.29 is 9.13 Å². The highest BCUT2D eigenvalue weighted by Gasteiger charge is 2.10. The molecule has 0 aliphatic heterocycles. The monoisotopic (exact) mass is 292 g/mol. The minimum atomic E-state index is -0.442. The van der Waals surface area contributed by atoms with E-state index >= 15 is 0 Å². The van der Waals surface area contributed by atoms with Crippen LogP contribution in [0.1, 0.15) is 26.1 Å². The molecule has 1 aromatic carbocycles. The molecule has 1 aromatic heterocycles. The normalized spacial score (nSPS) is 10.9. The van der Waals surface area contributed by atoms with Crippen molar-refractivity contribution in [1.82, 2.24) is 9.97 Å². The van der Waals surface area contributed by atoms with Crippen molar-refractivity contribution in [3.05, 3.63) is 36.2 Å². The van der Waals surface area contributed by atoms with Crippen LogP contribution in [-0.4, -0.2) is 22.6 Å². The van der Waals surface area contributed by atoms with Gasteiger partial charge < -0.3 is 20.8 Å². The lowest BCUT2D eigenvalue weighted by Crippen LogP contribution is -2.10. The van der Waals surface area contributed by atoms with E-state index in [-0.39, 0.29) is 11.9 Å². The number of aromatic amines is 1. The third-order valence-electron chi connectivity index (χ3n) is 2.93. The van der Waals surface area contributed by atoms with Crippen molar-refractivity contribution in [2.45, 2.75) is 32.8 Å². The van der Waals surface area contributed by atoms with Crippen LogP contribution in [0.3, 0.4) is 0 Å². The Hall–Kier alpha value is -2.24. The van der Waals surface area contributed by atoms with Crippen molar-refractivity contribution >= 4 is 11.4 Å². The number of benzene rings is 1. The van der Waals surface area contributed by atoms with Gasteiger partial charge in [0.1, 0.15) is 5.82 Å². The second kappa shape index (κ2) is 6.97. The molecule has 0 atom stereocenters. The summed E-state index contributed by atoms with van der Waals surface area (Å²) in [5.74, 6) is 0.725. The van der Waals surface area contributed by atoms with Crippen LogP contribution < -0.4 is 15.8 Å². The van der Waals surface area contributed by atoms with Gasteiger partial charge in [-0.15, -0.1) is 0 Å². The first kappa shape index (κ1) is 15.2. The van der Waals surface area contributed by atoms with E-state index in [0.29, 0.717) is 11.4 Å². The van der Waals surface area contributed by atoms with Crippen molar-refractivity contribution in [2.75, 3.05) is 17.6 Å². The van der Waals surface area contributed by atoms with Gasteiger partial charge in [0, 0.05) is 37.5 Å². The minimum absolute atomic E-state index is 0.0880. The molecule has 0 aliphatic carbocycles. The predicted octanol–water partition coefficient (Wildman–Crippen LogP) is 2.96. The smallest absolute Gasteiger partial charge is 0.167 e. The number of anilines is 2.